The van der Waals surface area contributed by atoms with E-state index in [1.165, 1.54) is 0 Å². The summed E-state index contributed by atoms with van der Waals surface area (Å²) < 4.78 is 5.15. The van der Waals surface area contributed by atoms with Gasteiger partial charge >= 0.3 is 0 Å². The average molecular weight is 447 g/mol. The number of nitrogens with one attached hydrogen (secondary N) is 1. The van der Waals surface area contributed by atoms with Crippen LogP contribution in [-0.2, 0) is 16.1 Å². The van der Waals surface area contributed by atoms with Gasteiger partial charge in [-0.15, -0.1) is 24.8 Å². The van der Waals surface area contributed by atoms with E-state index in [2.05, 4.69) is 10.2 Å². The quantitative estimate of drug-likeness (QED) is 0.674. The van der Waals surface area contributed by atoms with Gasteiger partial charge in [0, 0.05) is 39.3 Å². The van der Waals surface area contributed by atoms with Crippen molar-refractivity contribution in [2.75, 3.05) is 26.7 Å². The van der Waals surface area contributed by atoms with Crippen molar-refractivity contribution in [1.29, 1.82) is 0 Å². The Bertz CT molecular complexity index is 551. The number of ether oxygens (including phenoxy) is 1. The smallest absolute Gasteiger partial charge is 0.222 e. The molecule has 0 saturated carbocycles. The summed E-state index contributed by atoms with van der Waals surface area (Å²) in [6, 6.07) is 5.96. The van der Waals surface area contributed by atoms with Crippen LogP contribution in [0.3, 0.4) is 0 Å². The molecule has 1 saturated heterocycles. The molecule has 1 aliphatic heterocycles. The minimum absolute atomic E-state index is 0. The lowest BCUT2D eigenvalue weighted by Gasteiger charge is -2.32. The van der Waals surface area contributed by atoms with E-state index < -0.39 is 0 Å². The maximum atomic E-state index is 12.0. The number of amides is 1. The molecule has 1 atom stereocenters. The summed E-state index contributed by atoms with van der Waals surface area (Å²) in [5.41, 5.74) is 6.70. The predicted octanol–water partition coefficient (Wildman–Crippen LogP) is 3.28. The molecule has 150 valence electrons. The molecule has 1 amide bonds. The molecule has 0 radical (unpaired) electrons. The van der Waals surface area contributed by atoms with Crippen LogP contribution in [0.25, 0.3) is 0 Å². The fourth-order valence-electron chi connectivity index (χ4n) is 2.89. The Morgan fingerprint density at radius 3 is 2.50 bits per heavy atom. The van der Waals surface area contributed by atoms with Crippen molar-refractivity contribution < 1.29 is 9.53 Å². The maximum Gasteiger partial charge on any atom is 0.222 e. The number of hydrogen-bond acceptors (Lipinski definition) is 4. The van der Waals surface area contributed by atoms with Crippen molar-refractivity contribution >= 4 is 53.9 Å². The van der Waals surface area contributed by atoms with E-state index in [0.29, 0.717) is 23.0 Å². The molecule has 0 bridgehead atoms. The highest BCUT2D eigenvalue weighted by Crippen LogP contribution is 2.24. The first kappa shape index (κ1) is 25.7. The molecule has 26 heavy (non-hydrogen) atoms. The van der Waals surface area contributed by atoms with Crippen molar-refractivity contribution in [3.05, 3.63) is 33.8 Å². The van der Waals surface area contributed by atoms with Crippen molar-refractivity contribution in [2.24, 2.45) is 5.73 Å². The van der Waals surface area contributed by atoms with Crippen LogP contribution in [0.1, 0.15) is 24.8 Å². The molecule has 1 heterocycles. The largest absolute Gasteiger partial charge is 0.380 e. The van der Waals surface area contributed by atoms with Crippen molar-refractivity contribution in [3.63, 3.8) is 0 Å². The van der Waals surface area contributed by atoms with Gasteiger partial charge in [-0.1, -0.05) is 29.3 Å². The first-order valence-corrected chi connectivity index (χ1v) is 8.96. The number of hydrogen-bond donors (Lipinski definition) is 2. The van der Waals surface area contributed by atoms with Crippen LogP contribution in [0.15, 0.2) is 18.2 Å². The molecule has 1 aromatic carbocycles. The number of halogens is 4. The summed E-state index contributed by atoms with van der Waals surface area (Å²) in [6.45, 7) is 3.08. The van der Waals surface area contributed by atoms with E-state index in [4.69, 9.17) is 33.7 Å². The number of rotatable bonds is 7. The first-order chi connectivity index (χ1) is 11.5. The van der Waals surface area contributed by atoms with Gasteiger partial charge in [0.15, 0.2) is 0 Å². The zero-order valence-electron chi connectivity index (χ0n) is 14.7. The van der Waals surface area contributed by atoms with Gasteiger partial charge in [0.2, 0.25) is 5.91 Å². The number of nitrogens with two attached hydrogens (primary N) is 1. The van der Waals surface area contributed by atoms with Gasteiger partial charge in [-0.05, 0) is 30.5 Å². The number of piperidine rings is 1. The van der Waals surface area contributed by atoms with Gasteiger partial charge in [0.05, 0.1) is 22.6 Å². The second-order valence-corrected chi connectivity index (χ2v) is 6.98. The van der Waals surface area contributed by atoms with Crippen LogP contribution in [0.4, 0.5) is 0 Å². The molecule has 9 heteroatoms. The van der Waals surface area contributed by atoms with Crippen LogP contribution in [0.2, 0.25) is 10.0 Å². The van der Waals surface area contributed by atoms with Crippen LogP contribution >= 0.6 is 48.0 Å². The van der Waals surface area contributed by atoms with Gasteiger partial charge < -0.3 is 15.8 Å². The Labute approximate surface area is 177 Å². The van der Waals surface area contributed by atoms with Crippen LogP contribution in [-0.4, -0.2) is 49.7 Å². The molecule has 1 aromatic rings. The first-order valence-electron chi connectivity index (χ1n) is 8.20. The highest BCUT2D eigenvalue weighted by molar-refractivity contribution is 6.42. The summed E-state index contributed by atoms with van der Waals surface area (Å²) in [7, 11) is 1.58. The van der Waals surface area contributed by atoms with E-state index in [0.717, 1.165) is 38.0 Å². The number of carbonyl (C=O) groups is 1. The lowest BCUT2D eigenvalue weighted by atomic mass is 10.0. The third kappa shape index (κ3) is 8.17. The number of likely N-dealkylation sites (tertiary alicyclic amines) is 1. The third-order valence-corrected chi connectivity index (χ3v) is 5.09. The minimum atomic E-state index is -0.209. The monoisotopic (exact) mass is 445 g/mol. The summed E-state index contributed by atoms with van der Waals surface area (Å²) in [4.78, 5) is 14.4. The predicted molar refractivity (Wildman–Crippen MR) is 112 cm³/mol. The Hall–Kier alpha value is -0.270. The van der Waals surface area contributed by atoms with Gasteiger partial charge in [0.1, 0.15) is 0 Å². The molecule has 5 nitrogen and oxygen atoms in total. The van der Waals surface area contributed by atoms with Gasteiger partial charge in [-0.3, -0.25) is 9.69 Å². The van der Waals surface area contributed by atoms with E-state index in [9.17, 15) is 4.79 Å². The number of nitrogens with zero attached hydrogens (tertiary/aromatic N) is 1. The highest BCUT2D eigenvalue weighted by Gasteiger charge is 2.22. The topological polar surface area (TPSA) is 67.6 Å². The number of benzene rings is 1. The normalized spacial score (nSPS) is 16.3. The standard InChI is InChI=1S/C17H25Cl2N3O2.2ClH/c1-24-14(10-20)9-17(23)21-13-4-6-22(7-5-13)11-12-2-3-15(18)16(19)8-12;;/h2-3,8,13-14H,4-7,9-11,20H2,1H3,(H,21,23);2*1H. The molecule has 1 unspecified atom stereocenters. The molecular weight excluding hydrogens is 420 g/mol. The van der Waals surface area contributed by atoms with Gasteiger partial charge in [0.25, 0.3) is 0 Å². The lowest BCUT2D eigenvalue weighted by Crippen LogP contribution is -2.45. The molecule has 2 rings (SSSR count). The van der Waals surface area contributed by atoms with Crippen LogP contribution in [0, 0.1) is 0 Å². The Kier molecular flexibility index (Phi) is 12.9. The summed E-state index contributed by atoms with van der Waals surface area (Å²) in [5.74, 6) is 0.00948. The van der Waals surface area contributed by atoms with Gasteiger partial charge in [-0.25, -0.2) is 0 Å². The fraction of sp³-hybridized carbons (Fsp3) is 0.588. The lowest BCUT2D eigenvalue weighted by molar-refractivity contribution is -0.124. The summed E-state index contributed by atoms with van der Waals surface area (Å²) in [5, 5.41) is 4.24. The molecule has 1 fully saturated rings. The Balaban J connectivity index is 0.00000312. The second kappa shape index (κ2) is 13.0. The highest BCUT2D eigenvalue weighted by atomic mass is 35.5. The molecular formula is C17H27Cl4N3O2. The zero-order valence-corrected chi connectivity index (χ0v) is 17.9. The Morgan fingerprint density at radius 2 is 1.96 bits per heavy atom. The van der Waals surface area contributed by atoms with Crippen LogP contribution < -0.4 is 11.1 Å². The van der Waals surface area contributed by atoms with E-state index in [1.54, 1.807) is 7.11 Å². The SMILES string of the molecule is COC(CN)CC(=O)NC1CCN(Cc2ccc(Cl)c(Cl)c2)CC1.Cl.Cl. The van der Waals surface area contributed by atoms with Crippen LogP contribution in [0.5, 0.6) is 0 Å². The third-order valence-electron chi connectivity index (χ3n) is 4.35. The number of carbonyl (C=O) groups excluding carboxylic acids is 1. The second-order valence-electron chi connectivity index (χ2n) is 6.16. The van der Waals surface area contributed by atoms with Crippen molar-refractivity contribution in [2.45, 2.75) is 38.0 Å². The van der Waals surface area contributed by atoms with E-state index in [-0.39, 0.29) is 42.9 Å². The van der Waals surface area contributed by atoms with E-state index in [1.807, 2.05) is 18.2 Å². The van der Waals surface area contributed by atoms with Crippen molar-refractivity contribution in [3.8, 4) is 0 Å². The molecule has 0 aliphatic carbocycles. The summed E-state index contributed by atoms with van der Waals surface area (Å²) >= 11 is 12.0. The van der Waals surface area contributed by atoms with Gasteiger partial charge in [-0.2, -0.15) is 0 Å². The zero-order chi connectivity index (χ0) is 17.5. The maximum absolute atomic E-state index is 12.0. The number of methoxy groups -OCH3 is 1. The summed E-state index contributed by atoms with van der Waals surface area (Å²) in [6.07, 6.45) is 1.98. The minimum Gasteiger partial charge on any atom is -0.380 e. The molecule has 0 aromatic heterocycles. The molecule has 1 aliphatic rings. The Morgan fingerprint density at radius 1 is 1.31 bits per heavy atom. The fourth-order valence-corrected chi connectivity index (χ4v) is 3.21. The molecule has 0 spiro atoms. The average Bonchev–Trinajstić information content (AvgIpc) is 2.58. The molecule has 3 N–H and O–H groups in total. The van der Waals surface area contributed by atoms with E-state index >= 15 is 0 Å². The van der Waals surface area contributed by atoms with Crippen molar-refractivity contribution in [1.82, 2.24) is 10.2 Å².